The van der Waals surface area contributed by atoms with Gasteiger partial charge in [0.25, 0.3) is 0 Å². The van der Waals surface area contributed by atoms with Gasteiger partial charge in [0, 0.05) is 20.5 Å². The van der Waals surface area contributed by atoms with Gasteiger partial charge >= 0.3 is 0 Å². The van der Waals surface area contributed by atoms with Crippen molar-refractivity contribution < 1.29 is 0 Å². The molecule has 0 nitrogen and oxygen atoms in total. The molecule has 0 radical (unpaired) electrons. The first kappa shape index (κ1) is 6.17. The lowest BCUT2D eigenvalue weighted by Crippen LogP contribution is -1.74. The van der Waals surface area contributed by atoms with Gasteiger partial charge in [0.05, 0.1) is 0 Å². The Morgan fingerprint density at radius 2 is 2.33 bits per heavy atom. The van der Waals surface area contributed by atoms with Gasteiger partial charge < -0.3 is 0 Å². The topological polar surface area (TPSA) is 0 Å². The van der Waals surface area contributed by atoms with Crippen LogP contribution >= 0.6 is 0 Å². The van der Waals surface area contributed by atoms with Crippen molar-refractivity contribution in [1.29, 1.82) is 0 Å². The van der Waals surface area contributed by atoms with Gasteiger partial charge in [0.15, 0.2) is 0 Å². The van der Waals surface area contributed by atoms with E-state index in [0.29, 0.717) is 0 Å². The predicted octanol–water partition coefficient (Wildman–Crippen LogP) is -1.03. The minimum Gasteiger partial charge on any atom is -0.111 e. The van der Waals surface area contributed by atoms with Crippen LogP contribution in [0, 0.1) is 0 Å². The Bertz CT molecular complexity index is 56.6. The molecule has 0 bridgehead atoms. The van der Waals surface area contributed by atoms with Crippen LogP contribution in [0.5, 0.6) is 0 Å². The maximum Gasteiger partial charge on any atom is 0.0323 e. The SMILES string of the molecule is CCC([SiH3])=C[SiH3]. The van der Waals surface area contributed by atoms with Crippen LogP contribution < -0.4 is 0 Å². The minimum atomic E-state index is 1.26. The van der Waals surface area contributed by atoms with Crippen LogP contribution in [0.3, 0.4) is 0 Å². The van der Waals surface area contributed by atoms with Gasteiger partial charge in [-0.25, -0.2) is 0 Å². The maximum absolute atomic E-state index is 2.34. The van der Waals surface area contributed by atoms with Gasteiger partial charge in [0.2, 0.25) is 0 Å². The summed E-state index contributed by atoms with van der Waals surface area (Å²) in [6.07, 6.45) is 1.29. The van der Waals surface area contributed by atoms with E-state index < -0.39 is 0 Å². The fourth-order valence-electron chi connectivity index (χ4n) is 0.204. The third kappa shape index (κ3) is 2.41. The van der Waals surface area contributed by atoms with Crippen molar-refractivity contribution >= 4 is 20.5 Å². The quantitative estimate of drug-likeness (QED) is 0.384. The zero-order valence-corrected chi connectivity index (χ0v) is 8.78. The highest BCUT2D eigenvalue weighted by Gasteiger charge is 1.73. The first-order valence-corrected chi connectivity index (χ1v) is 4.58. The largest absolute Gasteiger partial charge is 0.111 e. The Labute approximate surface area is 45.5 Å². The third-order valence-electron chi connectivity index (χ3n) is 1.05. The fourth-order valence-corrected chi connectivity index (χ4v) is 0.612. The van der Waals surface area contributed by atoms with Crippen molar-refractivity contribution in [2.24, 2.45) is 0 Å². The molecule has 2 heteroatoms. The molecular formula is C4H12Si2. The summed E-state index contributed by atoms with van der Waals surface area (Å²) in [6, 6.07) is 0. The first-order chi connectivity index (χ1) is 2.81. The van der Waals surface area contributed by atoms with E-state index in [1.165, 1.54) is 26.9 Å². The minimum absolute atomic E-state index is 1.26. The number of hydrogen-bond acceptors (Lipinski definition) is 0. The Kier molecular flexibility index (Phi) is 3.46. The Balaban J connectivity index is 3.22. The van der Waals surface area contributed by atoms with Crippen LogP contribution in [-0.2, 0) is 0 Å². The maximum atomic E-state index is 2.34. The molecule has 0 aromatic rings. The summed E-state index contributed by atoms with van der Waals surface area (Å²) in [5.74, 6) is 0. The van der Waals surface area contributed by atoms with Crippen molar-refractivity contribution in [2.75, 3.05) is 0 Å². The molecule has 0 fully saturated rings. The molecule has 0 aliphatic heterocycles. The summed E-state index contributed by atoms with van der Waals surface area (Å²) in [6.45, 7) is 2.22. The molecule has 0 heterocycles. The van der Waals surface area contributed by atoms with Crippen LogP contribution in [0.1, 0.15) is 13.3 Å². The molecule has 0 atom stereocenters. The lowest BCUT2D eigenvalue weighted by molar-refractivity contribution is 1.20. The van der Waals surface area contributed by atoms with Gasteiger partial charge in [-0.15, -0.1) is 10.9 Å². The van der Waals surface area contributed by atoms with Crippen molar-refractivity contribution in [1.82, 2.24) is 0 Å². The van der Waals surface area contributed by atoms with Gasteiger partial charge in [-0.3, -0.25) is 0 Å². The normalized spacial score (nSPS) is 13.2. The van der Waals surface area contributed by atoms with Gasteiger partial charge in [-0.1, -0.05) is 6.92 Å². The summed E-state index contributed by atoms with van der Waals surface area (Å²) in [5, 5.41) is 1.67. The molecule has 0 aromatic heterocycles. The zero-order chi connectivity index (χ0) is 4.99. The molecule has 36 valence electrons. The molecule has 0 rings (SSSR count). The van der Waals surface area contributed by atoms with E-state index in [0.717, 1.165) is 0 Å². The van der Waals surface area contributed by atoms with Gasteiger partial charge in [0.1, 0.15) is 0 Å². The molecule has 0 saturated carbocycles. The highest BCUT2D eigenvalue weighted by molar-refractivity contribution is 6.28. The summed E-state index contributed by atoms with van der Waals surface area (Å²) in [5.41, 5.74) is 2.34. The second kappa shape index (κ2) is 3.37. The molecule has 0 saturated heterocycles. The van der Waals surface area contributed by atoms with E-state index in [1.54, 1.807) is 5.20 Å². The van der Waals surface area contributed by atoms with Crippen molar-refractivity contribution in [3.05, 3.63) is 10.9 Å². The van der Waals surface area contributed by atoms with E-state index in [1.807, 2.05) is 0 Å². The van der Waals surface area contributed by atoms with Crippen molar-refractivity contribution in [3.63, 3.8) is 0 Å². The molecule has 0 spiro atoms. The third-order valence-corrected chi connectivity index (χ3v) is 4.48. The summed E-state index contributed by atoms with van der Waals surface area (Å²) in [7, 11) is 2.54. The van der Waals surface area contributed by atoms with Crippen LogP contribution in [-0.4, -0.2) is 20.5 Å². The van der Waals surface area contributed by atoms with Gasteiger partial charge in [-0.05, 0) is 6.42 Å². The molecule has 0 N–H and O–H groups in total. The lowest BCUT2D eigenvalue weighted by Gasteiger charge is -1.85. The number of allylic oxidation sites excluding steroid dienone is 1. The molecule has 0 amide bonds. The molecule has 0 aliphatic rings. The average Bonchev–Trinajstić information content (AvgIpc) is 1.65. The second-order valence-corrected chi connectivity index (χ2v) is 3.35. The van der Waals surface area contributed by atoms with E-state index in [2.05, 4.69) is 12.6 Å². The first-order valence-electron chi connectivity index (χ1n) is 2.43. The van der Waals surface area contributed by atoms with Crippen LogP contribution in [0.15, 0.2) is 10.9 Å². The van der Waals surface area contributed by atoms with E-state index in [4.69, 9.17) is 0 Å². The van der Waals surface area contributed by atoms with Crippen molar-refractivity contribution in [2.45, 2.75) is 13.3 Å². The molecule has 0 aliphatic carbocycles. The van der Waals surface area contributed by atoms with E-state index >= 15 is 0 Å². The summed E-state index contributed by atoms with van der Waals surface area (Å²) >= 11 is 0. The van der Waals surface area contributed by atoms with Crippen LogP contribution in [0.25, 0.3) is 0 Å². The van der Waals surface area contributed by atoms with Gasteiger partial charge in [-0.2, -0.15) is 0 Å². The lowest BCUT2D eigenvalue weighted by atomic mass is 10.5. The Morgan fingerprint density at radius 1 is 1.83 bits per heavy atom. The molecule has 6 heavy (non-hydrogen) atoms. The molecule has 0 aromatic carbocycles. The van der Waals surface area contributed by atoms with Crippen LogP contribution in [0.4, 0.5) is 0 Å². The number of hydrogen-bond donors (Lipinski definition) is 0. The molecule has 0 unspecified atom stereocenters. The van der Waals surface area contributed by atoms with E-state index in [9.17, 15) is 0 Å². The standard InChI is InChI=1S/C4H12Si2/c1-2-4(6)3-5/h3H,2H2,1,5-6H3. The van der Waals surface area contributed by atoms with Crippen LogP contribution in [0.2, 0.25) is 0 Å². The van der Waals surface area contributed by atoms with E-state index in [-0.39, 0.29) is 0 Å². The monoisotopic (exact) mass is 116 g/mol. The smallest absolute Gasteiger partial charge is 0.0323 e. The summed E-state index contributed by atoms with van der Waals surface area (Å²) in [4.78, 5) is 0. The average molecular weight is 116 g/mol. The Morgan fingerprint density at radius 3 is 2.33 bits per heavy atom. The fraction of sp³-hybridized carbons (Fsp3) is 0.500. The predicted molar refractivity (Wildman–Crippen MR) is 38.3 cm³/mol. The van der Waals surface area contributed by atoms with Crippen molar-refractivity contribution in [3.8, 4) is 0 Å². The number of rotatable bonds is 1. The zero-order valence-electron chi connectivity index (χ0n) is 4.78. The Hall–Kier alpha value is 0.174. The molecular weight excluding hydrogens is 104 g/mol. The highest BCUT2D eigenvalue weighted by atomic mass is 28.2. The summed E-state index contributed by atoms with van der Waals surface area (Å²) < 4.78 is 0. The second-order valence-electron chi connectivity index (χ2n) is 1.49. The highest BCUT2D eigenvalue weighted by Crippen LogP contribution is 1.87.